The van der Waals surface area contributed by atoms with Gasteiger partial charge in [-0.1, -0.05) is 24.3 Å². The zero-order valence-corrected chi connectivity index (χ0v) is 18.7. The molecule has 36 heavy (non-hydrogen) atoms. The fourth-order valence-electron chi connectivity index (χ4n) is 3.47. The molecular formula is C25H18F6N4O. The second kappa shape index (κ2) is 9.48. The van der Waals surface area contributed by atoms with Crippen molar-refractivity contribution < 1.29 is 31.1 Å². The molecule has 5 nitrogen and oxygen atoms in total. The lowest BCUT2D eigenvalue weighted by Crippen LogP contribution is -2.11. The first-order chi connectivity index (χ1) is 17.0. The van der Waals surface area contributed by atoms with Crippen LogP contribution < -0.4 is 10.5 Å². The molecule has 11 heteroatoms. The lowest BCUT2D eigenvalue weighted by molar-refractivity contribution is -0.141. The van der Waals surface area contributed by atoms with Crippen LogP contribution in [0.1, 0.15) is 18.2 Å². The second-order valence-electron chi connectivity index (χ2n) is 7.65. The van der Waals surface area contributed by atoms with Gasteiger partial charge in [0.2, 0.25) is 0 Å². The Labute approximate surface area is 201 Å². The van der Waals surface area contributed by atoms with E-state index in [9.17, 15) is 26.3 Å². The molecule has 4 rings (SSSR count). The summed E-state index contributed by atoms with van der Waals surface area (Å²) in [6.45, 7) is 1.43. The predicted molar refractivity (Wildman–Crippen MR) is 122 cm³/mol. The number of ether oxygens (including phenoxy) is 1. The number of hydrogen-bond acceptors (Lipinski definition) is 5. The Bertz CT molecular complexity index is 1380. The lowest BCUT2D eigenvalue weighted by Gasteiger charge is -2.15. The van der Waals surface area contributed by atoms with Gasteiger partial charge in [-0.25, -0.2) is 15.0 Å². The van der Waals surface area contributed by atoms with Crippen molar-refractivity contribution in [2.45, 2.75) is 19.3 Å². The number of rotatable bonds is 5. The Kier molecular flexibility index (Phi) is 6.57. The highest BCUT2D eigenvalue weighted by Gasteiger charge is 2.36. The van der Waals surface area contributed by atoms with Crippen molar-refractivity contribution in [3.8, 4) is 39.5 Å². The molecule has 0 spiro atoms. The van der Waals surface area contributed by atoms with Gasteiger partial charge in [0.15, 0.2) is 5.82 Å². The number of pyridine rings is 1. The molecule has 2 N–H and O–H groups in total. The highest BCUT2D eigenvalue weighted by Crippen LogP contribution is 2.39. The van der Waals surface area contributed by atoms with E-state index in [0.29, 0.717) is 23.0 Å². The van der Waals surface area contributed by atoms with Crippen LogP contribution >= 0.6 is 0 Å². The number of nitrogen functional groups attached to an aromatic ring is 1. The van der Waals surface area contributed by atoms with E-state index in [-0.39, 0.29) is 29.3 Å². The van der Waals surface area contributed by atoms with Gasteiger partial charge < -0.3 is 10.5 Å². The number of hydrogen-bond donors (Lipinski definition) is 1. The predicted octanol–water partition coefficient (Wildman–Crippen LogP) is 6.89. The molecule has 0 saturated carbocycles. The first-order valence-electron chi connectivity index (χ1n) is 10.6. The van der Waals surface area contributed by atoms with Crippen LogP contribution in [0.2, 0.25) is 0 Å². The van der Waals surface area contributed by atoms with E-state index in [1.807, 2.05) is 0 Å². The molecule has 186 valence electrons. The quantitative estimate of drug-likeness (QED) is 0.300. The van der Waals surface area contributed by atoms with Crippen molar-refractivity contribution in [3.63, 3.8) is 0 Å². The monoisotopic (exact) mass is 504 g/mol. The third-order valence-corrected chi connectivity index (χ3v) is 5.14. The van der Waals surface area contributed by atoms with Crippen LogP contribution in [0, 0.1) is 0 Å². The summed E-state index contributed by atoms with van der Waals surface area (Å²) < 4.78 is 86.2. The average molecular weight is 504 g/mol. The van der Waals surface area contributed by atoms with Crippen molar-refractivity contribution in [2.24, 2.45) is 0 Å². The largest absolute Gasteiger partial charge is 0.493 e. The fraction of sp³-hybridized carbons (Fsp3) is 0.160. The Hall–Kier alpha value is -4.15. The van der Waals surface area contributed by atoms with Gasteiger partial charge >= 0.3 is 12.4 Å². The highest BCUT2D eigenvalue weighted by molar-refractivity contribution is 5.72. The molecule has 4 aromatic rings. The van der Waals surface area contributed by atoms with Gasteiger partial charge in [-0.2, -0.15) is 26.3 Å². The van der Waals surface area contributed by atoms with Crippen molar-refractivity contribution >= 4 is 5.82 Å². The van der Waals surface area contributed by atoms with Crippen LogP contribution in [0.5, 0.6) is 5.75 Å². The number of nitrogens with zero attached hydrogens (tertiary/aromatic N) is 3. The molecule has 0 amide bonds. The summed E-state index contributed by atoms with van der Waals surface area (Å²) in [5.41, 5.74) is 4.72. The fourth-order valence-corrected chi connectivity index (χ4v) is 3.47. The number of benzene rings is 2. The van der Waals surface area contributed by atoms with Crippen LogP contribution in [0.25, 0.3) is 33.8 Å². The molecule has 2 heterocycles. The van der Waals surface area contributed by atoms with Gasteiger partial charge in [0, 0.05) is 22.9 Å². The molecular weight excluding hydrogens is 486 g/mol. The van der Waals surface area contributed by atoms with E-state index in [0.717, 1.165) is 18.2 Å². The van der Waals surface area contributed by atoms with Gasteiger partial charge in [-0.05, 0) is 48.9 Å². The van der Waals surface area contributed by atoms with E-state index in [1.54, 1.807) is 30.3 Å². The van der Waals surface area contributed by atoms with Gasteiger partial charge in [-0.15, -0.1) is 0 Å². The minimum atomic E-state index is -4.82. The Balaban J connectivity index is 1.85. The third-order valence-electron chi connectivity index (χ3n) is 5.14. The van der Waals surface area contributed by atoms with Crippen LogP contribution in [0.3, 0.4) is 0 Å². The Morgan fingerprint density at radius 2 is 1.50 bits per heavy atom. The number of alkyl halides is 6. The molecule has 0 atom stereocenters. The normalized spacial score (nSPS) is 12.0. The molecule has 0 aliphatic heterocycles. The molecule has 0 saturated heterocycles. The van der Waals surface area contributed by atoms with Crippen LogP contribution in [0.15, 0.2) is 66.9 Å². The maximum absolute atomic E-state index is 13.7. The third kappa shape index (κ3) is 5.40. The number of aromatic nitrogens is 3. The summed E-state index contributed by atoms with van der Waals surface area (Å²) >= 11 is 0. The first kappa shape index (κ1) is 25.0. The Morgan fingerprint density at radius 3 is 2.14 bits per heavy atom. The number of halogens is 6. The average Bonchev–Trinajstić information content (AvgIpc) is 2.83. The molecule has 2 aromatic heterocycles. The van der Waals surface area contributed by atoms with Crippen molar-refractivity contribution in [1.29, 1.82) is 0 Å². The standard InChI is InChI=1S/C25H18F6N4O/c1-2-36-20-11-15(6-8-18(20)24(26,27)28)19-12-21(25(29,30)31)35-23(34-19)16-5-3-4-14(10-16)17-7-9-22(32)33-13-17/h3-13H,2H2,1H3,(H2,32,33). The lowest BCUT2D eigenvalue weighted by atomic mass is 10.0. The van der Waals surface area contributed by atoms with E-state index in [4.69, 9.17) is 10.5 Å². The summed E-state index contributed by atoms with van der Waals surface area (Å²) in [6.07, 6.45) is -8.00. The molecule has 0 fully saturated rings. The molecule has 0 unspecified atom stereocenters. The maximum atomic E-state index is 13.7. The smallest absolute Gasteiger partial charge is 0.433 e. The topological polar surface area (TPSA) is 73.9 Å². The van der Waals surface area contributed by atoms with Crippen molar-refractivity contribution in [2.75, 3.05) is 12.3 Å². The SMILES string of the molecule is CCOc1cc(-c2cc(C(F)(F)F)nc(-c3cccc(-c4ccc(N)nc4)c3)n2)ccc1C(F)(F)F. The van der Waals surface area contributed by atoms with Crippen LogP contribution in [-0.2, 0) is 12.4 Å². The highest BCUT2D eigenvalue weighted by atomic mass is 19.4. The molecule has 0 radical (unpaired) electrons. The van der Waals surface area contributed by atoms with E-state index >= 15 is 0 Å². The van der Waals surface area contributed by atoms with Crippen LogP contribution in [0.4, 0.5) is 32.2 Å². The minimum Gasteiger partial charge on any atom is -0.493 e. The zero-order valence-electron chi connectivity index (χ0n) is 18.7. The Morgan fingerprint density at radius 1 is 0.778 bits per heavy atom. The molecule has 2 aromatic carbocycles. The van der Waals surface area contributed by atoms with E-state index in [1.165, 1.54) is 19.2 Å². The van der Waals surface area contributed by atoms with Crippen molar-refractivity contribution in [3.05, 3.63) is 78.1 Å². The van der Waals surface area contributed by atoms with Gasteiger partial charge in [-0.3, -0.25) is 0 Å². The summed E-state index contributed by atoms with van der Waals surface area (Å²) in [7, 11) is 0. The summed E-state index contributed by atoms with van der Waals surface area (Å²) in [6, 6.07) is 13.3. The number of nitrogens with two attached hydrogens (primary N) is 1. The molecule has 0 aliphatic rings. The molecule has 0 bridgehead atoms. The summed E-state index contributed by atoms with van der Waals surface area (Å²) in [5, 5.41) is 0. The maximum Gasteiger partial charge on any atom is 0.433 e. The minimum absolute atomic E-state index is 0.0134. The van der Waals surface area contributed by atoms with E-state index in [2.05, 4.69) is 15.0 Å². The van der Waals surface area contributed by atoms with Gasteiger partial charge in [0.05, 0.1) is 17.9 Å². The van der Waals surface area contributed by atoms with Crippen molar-refractivity contribution in [1.82, 2.24) is 15.0 Å². The summed E-state index contributed by atoms with van der Waals surface area (Å²) in [4.78, 5) is 11.9. The second-order valence-corrected chi connectivity index (χ2v) is 7.65. The summed E-state index contributed by atoms with van der Waals surface area (Å²) in [5.74, 6) is -0.444. The first-order valence-corrected chi connectivity index (χ1v) is 10.6. The molecule has 0 aliphatic carbocycles. The van der Waals surface area contributed by atoms with Gasteiger partial charge in [0.25, 0.3) is 0 Å². The van der Waals surface area contributed by atoms with Gasteiger partial charge in [0.1, 0.15) is 17.3 Å². The van der Waals surface area contributed by atoms with Crippen LogP contribution in [-0.4, -0.2) is 21.6 Å². The van der Waals surface area contributed by atoms with E-state index < -0.39 is 29.4 Å². The number of anilines is 1. The zero-order chi connectivity index (χ0) is 26.1.